The van der Waals surface area contributed by atoms with Gasteiger partial charge in [-0.15, -0.1) is 0 Å². The third-order valence-corrected chi connectivity index (χ3v) is 8.73. The molecule has 4 radical (unpaired) electrons. The van der Waals surface area contributed by atoms with Gasteiger partial charge in [0.2, 0.25) is 0 Å². The number of carbonyl (C=O) groups excluding carboxylic acids is 1. The monoisotopic (exact) mass is 485 g/mol. The van der Waals surface area contributed by atoms with Crippen molar-refractivity contribution in [2.24, 2.45) is 11.3 Å². The third kappa shape index (κ3) is 10.8. The summed E-state index contributed by atoms with van der Waals surface area (Å²) in [6, 6.07) is 0. The first kappa shape index (κ1) is 30.7. The van der Waals surface area contributed by atoms with Crippen LogP contribution >= 0.6 is 0 Å². The molecule has 2 aliphatic rings. The van der Waals surface area contributed by atoms with Gasteiger partial charge in [-0.3, -0.25) is 4.79 Å². The fourth-order valence-corrected chi connectivity index (χ4v) is 6.26. The molecule has 1 heterocycles. The Kier molecular flexibility index (Phi) is 14.4. The van der Waals surface area contributed by atoms with Gasteiger partial charge in [0.05, 0.1) is 21.6 Å². The van der Waals surface area contributed by atoms with Crippen molar-refractivity contribution >= 4 is 21.7 Å². The Hall–Kier alpha value is -0.480. The predicted octanol–water partition coefficient (Wildman–Crippen LogP) is 6.26. The normalized spacial score (nSPS) is 21.4. The van der Waals surface area contributed by atoms with Gasteiger partial charge in [0.15, 0.2) is 0 Å². The quantitative estimate of drug-likeness (QED) is 0.141. The molecule has 35 heavy (non-hydrogen) atoms. The first-order valence-electron chi connectivity index (χ1n) is 15.0. The Bertz CT molecular complexity index is 578. The van der Waals surface area contributed by atoms with Crippen molar-refractivity contribution in [3.05, 3.63) is 0 Å². The van der Waals surface area contributed by atoms with Crippen LogP contribution in [0.15, 0.2) is 0 Å². The first-order chi connectivity index (χ1) is 16.9. The number of esters is 1. The average Bonchev–Trinajstić information content (AvgIpc) is 3.22. The zero-order valence-electron chi connectivity index (χ0n) is 23.1. The zero-order valence-corrected chi connectivity index (χ0v) is 23.1. The zero-order chi connectivity index (χ0) is 25.6. The van der Waals surface area contributed by atoms with Gasteiger partial charge in [-0.25, -0.2) is 0 Å². The predicted molar refractivity (Wildman–Crippen MR) is 148 cm³/mol. The molecule has 2 unspecified atom stereocenters. The van der Waals surface area contributed by atoms with E-state index in [1.54, 1.807) is 0 Å². The van der Waals surface area contributed by atoms with Crippen LogP contribution in [0, 0.1) is 11.3 Å². The van der Waals surface area contributed by atoms with E-state index in [4.69, 9.17) is 25.5 Å². The Morgan fingerprint density at radius 2 is 1.51 bits per heavy atom. The number of unbranched alkanes of at least 4 members (excludes halogenated alkanes) is 8. The molecule has 0 amide bonds. The minimum atomic E-state index is -0.837. The summed E-state index contributed by atoms with van der Waals surface area (Å²) in [5.41, 5.74) is 0.268. The molecule has 1 spiro atoms. The maximum atomic E-state index is 13.2. The van der Waals surface area contributed by atoms with Crippen molar-refractivity contribution in [1.82, 2.24) is 4.90 Å². The van der Waals surface area contributed by atoms with Crippen molar-refractivity contribution in [1.29, 1.82) is 0 Å². The highest BCUT2D eigenvalue weighted by atomic mass is 16.5. The SMILES string of the molecule is [B]C([B])(CCCO)N1CCC2(CCC(OC(=O)C(CCCCCC)CCCCCCCC)C2)CC1. The number of rotatable bonds is 18. The van der Waals surface area contributed by atoms with E-state index in [0.29, 0.717) is 12.8 Å². The van der Waals surface area contributed by atoms with Crippen LogP contribution in [0.25, 0.3) is 0 Å². The average molecular weight is 485 g/mol. The Balaban J connectivity index is 1.80. The highest BCUT2D eigenvalue weighted by Gasteiger charge is 2.44. The Morgan fingerprint density at radius 1 is 0.943 bits per heavy atom. The van der Waals surface area contributed by atoms with Gasteiger partial charge >= 0.3 is 5.97 Å². The lowest BCUT2D eigenvalue weighted by Gasteiger charge is -2.47. The van der Waals surface area contributed by atoms with Crippen LogP contribution in [0.2, 0.25) is 0 Å². The van der Waals surface area contributed by atoms with Crippen molar-refractivity contribution in [3.63, 3.8) is 0 Å². The molecule has 6 heteroatoms. The Labute approximate surface area is 219 Å². The molecule has 2 atom stereocenters. The third-order valence-electron chi connectivity index (χ3n) is 8.73. The fraction of sp³-hybridized carbons (Fsp3) is 0.966. The minimum absolute atomic E-state index is 0.0708. The van der Waals surface area contributed by atoms with Gasteiger partial charge in [-0.05, 0) is 76.3 Å². The van der Waals surface area contributed by atoms with Gasteiger partial charge in [0.25, 0.3) is 0 Å². The van der Waals surface area contributed by atoms with E-state index in [0.717, 1.165) is 70.9 Å². The standard InChI is InChI=1S/C29H53B2NO3/c1-3-5-7-9-10-12-15-25(14-11-8-6-4-2)27(34)35-26-16-18-28(24-26)19-21-32(22-20-28)29(30,31)17-13-23-33/h25-26,33H,3-24H2,1-2H3. The topological polar surface area (TPSA) is 49.8 Å². The first-order valence-corrected chi connectivity index (χ1v) is 15.0. The van der Waals surface area contributed by atoms with E-state index in [1.165, 1.54) is 51.4 Å². The van der Waals surface area contributed by atoms with Gasteiger partial charge in [-0.2, -0.15) is 0 Å². The molecule has 1 aliphatic heterocycles. The molecule has 2 rings (SSSR count). The van der Waals surface area contributed by atoms with Crippen molar-refractivity contribution in [2.45, 2.75) is 147 Å². The molecule has 0 aromatic rings. The summed E-state index contributed by atoms with van der Waals surface area (Å²) < 4.78 is 6.17. The molecular formula is C29H53B2NO3. The molecule has 2 fully saturated rings. The second-order valence-electron chi connectivity index (χ2n) is 11.7. The van der Waals surface area contributed by atoms with E-state index in [2.05, 4.69) is 18.7 Å². The Morgan fingerprint density at radius 3 is 2.11 bits per heavy atom. The van der Waals surface area contributed by atoms with E-state index in [1.807, 2.05) is 0 Å². The highest BCUT2D eigenvalue weighted by molar-refractivity contribution is 6.39. The number of piperidine rings is 1. The van der Waals surface area contributed by atoms with Crippen molar-refractivity contribution in [3.8, 4) is 0 Å². The van der Waals surface area contributed by atoms with Gasteiger partial charge < -0.3 is 14.7 Å². The van der Waals surface area contributed by atoms with Crippen LogP contribution in [0.4, 0.5) is 0 Å². The summed E-state index contributed by atoms with van der Waals surface area (Å²) >= 11 is 0. The number of carbonyl (C=O) groups is 1. The summed E-state index contributed by atoms with van der Waals surface area (Å²) in [6.45, 7) is 6.38. The number of nitrogens with zero attached hydrogens (tertiary/aromatic N) is 1. The van der Waals surface area contributed by atoms with Crippen molar-refractivity contribution < 1.29 is 14.6 Å². The van der Waals surface area contributed by atoms with Gasteiger partial charge in [0.1, 0.15) is 6.10 Å². The largest absolute Gasteiger partial charge is 0.462 e. The lowest BCUT2D eigenvalue weighted by molar-refractivity contribution is -0.154. The van der Waals surface area contributed by atoms with Crippen LogP contribution in [-0.2, 0) is 9.53 Å². The summed E-state index contributed by atoms with van der Waals surface area (Å²) in [4.78, 5) is 15.4. The molecule has 198 valence electrons. The van der Waals surface area contributed by atoms with Gasteiger partial charge in [-0.1, -0.05) is 83.4 Å². The smallest absolute Gasteiger partial charge is 0.309 e. The number of aliphatic hydroxyl groups is 1. The lowest BCUT2D eigenvalue weighted by atomic mass is 9.57. The van der Waals surface area contributed by atoms with E-state index >= 15 is 0 Å². The van der Waals surface area contributed by atoms with Crippen LogP contribution in [0.3, 0.4) is 0 Å². The second kappa shape index (κ2) is 16.4. The van der Waals surface area contributed by atoms with Crippen LogP contribution < -0.4 is 0 Å². The van der Waals surface area contributed by atoms with E-state index < -0.39 is 5.34 Å². The molecule has 4 nitrogen and oxygen atoms in total. The van der Waals surface area contributed by atoms with E-state index in [9.17, 15) is 4.79 Å². The highest BCUT2D eigenvalue weighted by Crippen LogP contribution is 2.48. The van der Waals surface area contributed by atoms with Crippen molar-refractivity contribution in [2.75, 3.05) is 19.7 Å². The number of ether oxygens (including phenoxy) is 1. The maximum absolute atomic E-state index is 13.2. The molecule has 1 saturated carbocycles. The molecule has 1 aliphatic carbocycles. The molecule has 1 saturated heterocycles. The van der Waals surface area contributed by atoms with E-state index in [-0.39, 0.29) is 30.0 Å². The van der Waals surface area contributed by atoms with Crippen LogP contribution in [0.1, 0.15) is 136 Å². The number of hydrogen-bond donors (Lipinski definition) is 1. The summed E-state index contributed by atoms with van der Waals surface area (Å²) in [6.07, 6.45) is 21.0. The molecule has 0 aromatic carbocycles. The fourth-order valence-electron chi connectivity index (χ4n) is 6.26. The van der Waals surface area contributed by atoms with Crippen LogP contribution in [-0.4, -0.2) is 62.8 Å². The number of hydrogen-bond acceptors (Lipinski definition) is 4. The molecule has 0 aromatic heterocycles. The molecular weight excluding hydrogens is 432 g/mol. The summed E-state index contributed by atoms with van der Waals surface area (Å²) in [5, 5.41) is 8.29. The summed E-state index contributed by atoms with van der Waals surface area (Å²) in [5.74, 6) is 0.152. The number of likely N-dealkylation sites (tertiary alicyclic amines) is 1. The molecule has 1 N–H and O–H groups in total. The second-order valence-corrected chi connectivity index (χ2v) is 11.7. The molecule has 0 bridgehead atoms. The minimum Gasteiger partial charge on any atom is -0.462 e. The van der Waals surface area contributed by atoms with Gasteiger partial charge in [0, 0.05) is 6.61 Å². The lowest BCUT2D eigenvalue weighted by Crippen LogP contribution is -2.54. The summed E-state index contributed by atoms with van der Waals surface area (Å²) in [7, 11) is 12.7. The van der Waals surface area contributed by atoms with Crippen LogP contribution in [0.5, 0.6) is 0 Å². The maximum Gasteiger partial charge on any atom is 0.309 e. The number of aliphatic hydroxyl groups excluding tert-OH is 1.